The SMILES string of the molecule is Cc1cc(Br)c(CN(C)CC(=O)O)cc1Cl. The molecule has 0 aliphatic rings. The molecule has 0 unspecified atom stereocenters. The predicted molar refractivity (Wildman–Crippen MR) is 67.9 cm³/mol. The number of aryl methyl sites for hydroxylation is 1. The lowest BCUT2D eigenvalue weighted by Crippen LogP contribution is -2.25. The third-order valence-electron chi connectivity index (χ3n) is 2.17. The smallest absolute Gasteiger partial charge is 0.317 e. The van der Waals surface area contributed by atoms with E-state index in [0.29, 0.717) is 11.6 Å². The molecular weight excluding hydrogens is 293 g/mol. The van der Waals surface area contributed by atoms with Gasteiger partial charge in [0.05, 0.1) is 6.54 Å². The molecule has 0 spiro atoms. The van der Waals surface area contributed by atoms with Crippen LogP contribution in [0.3, 0.4) is 0 Å². The summed E-state index contributed by atoms with van der Waals surface area (Å²) in [7, 11) is 1.76. The Kier molecular flexibility index (Phi) is 4.77. The molecule has 88 valence electrons. The molecule has 0 atom stereocenters. The molecule has 3 nitrogen and oxygen atoms in total. The number of hydrogen-bond acceptors (Lipinski definition) is 2. The second-order valence-electron chi connectivity index (χ2n) is 3.76. The van der Waals surface area contributed by atoms with Gasteiger partial charge in [0.25, 0.3) is 0 Å². The molecule has 1 N–H and O–H groups in total. The molecule has 16 heavy (non-hydrogen) atoms. The number of hydrogen-bond donors (Lipinski definition) is 1. The Labute approximate surface area is 108 Å². The number of carboxylic acid groups (broad SMARTS) is 1. The van der Waals surface area contributed by atoms with Crippen LogP contribution in [-0.4, -0.2) is 29.6 Å². The van der Waals surface area contributed by atoms with Crippen molar-refractivity contribution in [2.45, 2.75) is 13.5 Å². The van der Waals surface area contributed by atoms with E-state index >= 15 is 0 Å². The van der Waals surface area contributed by atoms with Gasteiger partial charge in [0.2, 0.25) is 0 Å². The maximum Gasteiger partial charge on any atom is 0.317 e. The average molecular weight is 307 g/mol. The number of likely N-dealkylation sites (N-methyl/N-ethyl adjacent to an activating group) is 1. The summed E-state index contributed by atoms with van der Waals surface area (Å²) in [5, 5.41) is 9.35. The molecule has 0 saturated carbocycles. The maximum atomic E-state index is 10.5. The van der Waals surface area contributed by atoms with Gasteiger partial charge in [0.1, 0.15) is 0 Å². The van der Waals surface area contributed by atoms with Crippen molar-refractivity contribution in [3.8, 4) is 0 Å². The highest BCUT2D eigenvalue weighted by Gasteiger charge is 2.09. The normalized spacial score (nSPS) is 10.8. The van der Waals surface area contributed by atoms with E-state index in [2.05, 4.69) is 15.9 Å². The van der Waals surface area contributed by atoms with Crippen LogP contribution in [0.4, 0.5) is 0 Å². The zero-order valence-electron chi connectivity index (χ0n) is 9.13. The number of rotatable bonds is 4. The molecule has 0 aliphatic heterocycles. The Morgan fingerprint density at radius 1 is 1.56 bits per heavy atom. The van der Waals surface area contributed by atoms with Crippen LogP contribution in [0.25, 0.3) is 0 Å². The minimum Gasteiger partial charge on any atom is -0.480 e. The third-order valence-corrected chi connectivity index (χ3v) is 3.32. The largest absolute Gasteiger partial charge is 0.480 e. The molecular formula is C11H13BrClNO2. The lowest BCUT2D eigenvalue weighted by molar-refractivity contribution is -0.138. The van der Waals surface area contributed by atoms with Crippen molar-refractivity contribution in [3.63, 3.8) is 0 Å². The van der Waals surface area contributed by atoms with Gasteiger partial charge in [-0.2, -0.15) is 0 Å². The fourth-order valence-electron chi connectivity index (χ4n) is 1.39. The second-order valence-corrected chi connectivity index (χ2v) is 5.02. The monoisotopic (exact) mass is 305 g/mol. The van der Waals surface area contributed by atoms with Crippen LogP contribution in [0, 0.1) is 6.92 Å². The first-order valence-electron chi connectivity index (χ1n) is 4.75. The Bertz CT molecular complexity index is 409. The minimum atomic E-state index is -0.836. The van der Waals surface area contributed by atoms with Crippen LogP contribution in [0.1, 0.15) is 11.1 Å². The van der Waals surface area contributed by atoms with Crippen LogP contribution in [0.15, 0.2) is 16.6 Å². The predicted octanol–water partition coefficient (Wildman–Crippen LogP) is 2.93. The number of halogens is 2. The zero-order chi connectivity index (χ0) is 12.3. The summed E-state index contributed by atoms with van der Waals surface area (Å²) in [6.07, 6.45) is 0. The van der Waals surface area contributed by atoms with Gasteiger partial charge in [-0.25, -0.2) is 0 Å². The molecule has 0 radical (unpaired) electrons. The minimum absolute atomic E-state index is 0.0118. The average Bonchev–Trinajstić information content (AvgIpc) is 2.12. The van der Waals surface area contributed by atoms with E-state index in [4.69, 9.17) is 16.7 Å². The van der Waals surface area contributed by atoms with Crippen molar-refractivity contribution in [1.29, 1.82) is 0 Å². The van der Waals surface area contributed by atoms with E-state index in [0.717, 1.165) is 15.6 Å². The van der Waals surface area contributed by atoms with Crippen molar-refractivity contribution in [2.75, 3.05) is 13.6 Å². The summed E-state index contributed by atoms with van der Waals surface area (Å²) in [5.74, 6) is -0.836. The van der Waals surface area contributed by atoms with E-state index in [1.165, 1.54) is 0 Å². The molecule has 0 saturated heterocycles. The lowest BCUT2D eigenvalue weighted by atomic mass is 10.1. The van der Waals surface area contributed by atoms with E-state index < -0.39 is 5.97 Å². The Morgan fingerprint density at radius 3 is 2.75 bits per heavy atom. The summed E-state index contributed by atoms with van der Waals surface area (Å²) < 4.78 is 0.951. The molecule has 1 rings (SSSR count). The molecule has 1 aromatic carbocycles. The number of aliphatic carboxylic acids is 1. The number of carbonyl (C=O) groups is 1. The number of nitrogens with zero attached hydrogens (tertiary/aromatic N) is 1. The Hall–Kier alpha value is -0.580. The van der Waals surface area contributed by atoms with Crippen molar-refractivity contribution in [2.24, 2.45) is 0 Å². The van der Waals surface area contributed by atoms with Crippen LogP contribution in [0.5, 0.6) is 0 Å². The summed E-state index contributed by atoms with van der Waals surface area (Å²) >= 11 is 9.46. The van der Waals surface area contributed by atoms with Crippen molar-refractivity contribution in [1.82, 2.24) is 4.90 Å². The fraction of sp³-hybridized carbons (Fsp3) is 0.364. The standard InChI is InChI=1S/C11H13BrClNO2/c1-7-3-9(12)8(4-10(7)13)5-14(2)6-11(15)16/h3-4H,5-6H2,1-2H3,(H,15,16). The second kappa shape index (κ2) is 5.66. The highest BCUT2D eigenvalue weighted by molar-refractivity contribution is 9.10. The number of carboxylic acids is 1. The van der Waals surface area contributed by atoms with E-state index in [1.54, 1.807) is 11.9 Å². The molecule has 0 amide bonds. The van der Waals surface area contributed by atoms with Crippen molar-refractivity contribution < 1.29 is 9.90 Å². The van der Waals surface area contributed by atoms with Gasteiger partial charge in [-0.3, -0.25) is 9.69 Å². The summed E-state index contributed by atoms with van der Waals surface area (Å²) in [5.41, 5.74) is 1.98. The van der Waals surface area contributed by atoms with E-state index in [1.807, 2.05) is 19.1 Å². The molecule has 0 aromatic heterocycles. The quantitative estimate of drug-likeness (QED) is 0.930. The van der Waals surface area contributed by atoms with Crippen molar-refractivity contribution in [3.05, 3.63) is 32.8 Å². The Morgan fingerprint density at radius 2 is 2.19 bits per heavy atom. The highest BCUT2D eigenvalue weighted by Crippen LogP contribution is 2.25. The van der Waals surface area contributed by atoms with Gasteiger partial charge in [0.15, 0.2) is 0 Å². The fourth-order valence-corrected chi connectivity index (χ4v) is 2.16. The van der Waals surface area contributed by atoms with Gasteiger partial charge < -0.3 is 5.11 Å². The number of benzene rings is 1. The van der Waals surface area contributed by atoms with Crippen molar-refractivity contribution >= 4 is 33.5 Å². The van der Waals surface area contributed by atoms with Crippen LogP contribution >= 0.6 is 27.5 Å². The molecule has 5 heteroatoms. The van der Waals surface area contributed by atoms with Gasteiger partial charge in [-0.15, -0.1) is 0 Å². The summed E-state index contributed by atoms with van der Waals surface area (Å²) in [6.45, 7) is 2.49. The zero-order valence-corrected chi connectivity index (χ0v) is 11.5. The third kappa shape index (κ3) is 3.77. The van der Waals surface area contributed by atoms with E-state index in [-0.39, 0.29) is 6.54 Å². The maximum absolute atomic E-state index is 10.5. The molecule has 1 aromatic rings. The Balaban J connectivity index is 2.81. The molecule has 0 heterocycles. The molecule has 0 fully saturated rings. The van der Waals surface area contributed by atoms with Gasteiger partial charge in [-0.1, -0.05) is 27.5 Å². The van der Waals surface area contributed by atoms with Gasteiger partial charge in [0, 0.05) is 16.0 Å². The van der Waals surface area contributed by atoms with Gasteiger partial charge in [-0.05, 0) is 37.2 Å². The topological polar surface area (TPSA) is 40.5 Å². The van der Waals surface area contributed by atoms with Crippen LogP contribution in [0.2, 0.25) is 5.02 Å². The highest BCUT2D eigenvalue weighted by atomic mass is 79.9. The van der Waals surface area contributed by atoms with Gasteiger partial charge >= 0.3 is 5.97 Å². The first-order chi connectivity index (χ1) is 7.40. The first kappa shape index (κ1) is 13.5. The summed E-state index contributed by atoms with van der Waals surface area (Å²) in [6, 6.07) is 3.80. The lowest BCUT2D eigenvalue weighted by Gasteiger charge is -2.15. The first-order valence-corrected chi connectivity index (χ1v) is 5.92. The molecule has 0 aliphatic carbocycles. The van der Waals surface area contributed by atoms with Crippen LogP contribution in [-0.2, 0) is 11.3 Å². The molecule has 0 bridgehead atoms. The van der Waals surface area contributed by atoms with E-state index in [9.17, 15) is 4.79 Å². The summed E-state index contributed by atoms with van der Waals surface area (Å²) in [4.78, 5) is 12.2. The van der Waals surface area contributed by atoms with Crippen LogP contribution < -0.4 is 0 Å².